The van der Waals surface area contributed by atoms with Crippen LogP contribution in [0, 0.1) is 0 Å². The van der Waals surface area contributed by atoms with Gasteiger partial charge in [0.05, 0.1) is 0 Å². The Balaban J connectivity index is 2.59. The fraction of sp³-hybridized carbons (Fsp3) is 0.455. The molecule has 0 saturated carbocycles. The van der Waals surface area contributed by atoms with E-state index in [0.717, 1.165) is 5.56 Å². The fourth-order valence-corrected chi connectivity index (χ4v) is 1.89. The number of hydrogen-bond acceptors (Lipinski definition) is 2. The van der Waals surface area contributed by atoms with E-state index in [9.17, 15) is 8.42 Å². The van der Waals surface area contributed by atoms with Gasteiger partial charge >= 0.3 is 10.3 Å². The molecule has 0 spiro atoms. The quantitative estimate of drug-likeness (QED) is 0.774. The first-order chi connectivity index (χ1) is 7.31. The summed E-state index contributed by atoms with van der Waals surface area (Å²) in [5.74, 6) is 0. The van der Waals surface area contributed by atoms with Crippen LogP contribution >= 0.6 is 0 Å². The third-order valence-corrected chi connectivity index (χ3v) is 3.16. The highest BCUT2D eigenvalue weighted by Gasteiger charge is 2.20. The van der Waals surface area contributed by atoms with Crippen molar-refractivity contribution >= 4 is 10.3 Å². The van der Waals surface area contributed by atoms with Crippen molar-refractivity contribution in [2.45, 2.75) is 25.7 Å². The van der Waals surface area contributed by atoms with Crippen LogP contribution in [-0.2, 0) is 15.7 Å². The number of benzene rings is 1. The van der Waals surface area contributed by atoms with Gasteiger partial charge in [0.15, 0.2) is 0 Å². The van der Waals surface area contributed by atoms with Gasteiger partial charge in [0, 0.05) is 6.54 Å². The van der Waals surface area contributed by atoms with E-state index in [1.807, 2.05) is 44.2 Å². The molecule has 0 aliphatic heterocycles. The Hall–Kier alpha value is -0.910. The molecule has 0 radical (unpaired) electrons. The maximum absolute atomic E-state index is 10.5. The highest BCUT2D eigenvalue weighted by Crippen LogP contribution is 2.25. The molecule has 90 valence electrons. The third-order valence-electron chi connectivity index (χ3n) is 2.59. The second-order valence-corrected chi connectivity index (χ2v) is 5.61. The zero-order chi connectivity index (χ0) is 12.2. The van der Waals surface area contributed by atoms with Crippen molar-refractivity contribution in [3.8, 4) is 0 Å². The van der Waals surface area contributed by atoms with Gasteiger partial charge in [-0.25, -0.2) is 0 Å². The Morgan fingerprint density at radius 3 is 2.31 bits per heavy atom. The molecule has 16 heavy (non-hydrogen) atoms. The molecule has 4 nitrogen and oxygen atoms in total. The first kappa shape index (κ1) is 13.2. The molecule has 0 atom stereocenters. The van der Waals surface area contributed by atoms with Crippen LogP contribution in [0.4, 0.5) is 0 Å². The van der Waals surface area contributed by atoms with E-state index in [2.05, 4.69) is 4.72 Å². The molecular formula is C11H17NO3S. The van der Waals surface area contributed by atoms with Crippen molar-refractivity contribution in [2.75, 3.05) is 6.54 Å². The summed E-state index contributed by atoms with van der Waals surface area (Å²) >= 11 is 0. The van der Waals surface area contributed by atoms with Gasteiger partial charge in [0.2, 0.25) is 0 Å². The minimum Gasteiger partial charge on any atom is -0.273 e. The van der Waals surface area contributed by atoms with Gasteiger partial charge in [-0.2, -0.15) is 13.1 Å². The summed E-state index contributed by atoms with van der Waals surface area (Å²) in [5.41, 5.74) is 1.02. The fourth-order valence-electron chi connectivity index (χ4n) is 1.53. The minimum absolute atomic E-state index is 0.126. The topological polar surface area (TPSA) is 66.4 Å². The van der Waals surface area contributed by atoms with Gasteiger partial charge in [0.25, 0.3) is 0 Å². The SMILES string of the molecule is CC(C)(CCNS(=O)(=O)O)c1ccccc1. The Labute approximate surface area is 96.6 Å². The second-order valence-electron chi connectivity index (χ2n) is 4.37. The first-order valence-corrected chi connectivity index (χ1v) is 6.53. The van der Waals surface area contributed by atoms with Gasteiger partial charge < -0.3 is 0 Å². The van der Waals surface area contributed by atoms with Gasteiger partial charge in [-0.3, -0.25) is 4.55 Å². The number of hydrogen-bond donors (Lipinski definition) is 2. The van der Waals surface area contributed by atoms with E-state index in [1.54, 1.807) is 0 Å². The molecule has 0 unspecified atom stereocenters. The smallest absolute Gasteiger partial charge is 0.273 e. The van der Waals surface area contributed by atoms with Gasteiger partial charge in [-0.05, 0) is 17.4 Å². The van der Waals surface area contributed by atoms with Crippen LogP contribution in [0.2, 0.25) is 0 Å². The summed E-state index contributed by atoms with van der Waals surface area (Å²) in [6.45, 7) is 4.29. The van der Waals surface area contributed by atoms with Crippen molar-refractivity contribution in [2.24, 2.45) is 0 Å². The highest BCUT2D eigenvalue weighted by molar-refractivity contribution is 7.83. The van der Waals surface area contributed by atoms with Crippen molar-refractivity contribution < 1.29 is 13.0 Å². The van der Waals surface area contributed by atoms with E-state index in [-0.39, 0.29) is 12.0 Å². The maximum atomic E-state index is 10.5. The minimum atomic E-state index is -4.08. The normalized spacial score (nSPS) is 12.7. The summed E-state index contributed by atoms with van der Waals surface area (Å²) < 4.78 is 31.6. The second kappa shape index (κ2) is 4.95. The molecule has 0 aromatic heterocycles. The van der Waals surface area contributed by atoms with Crippen molar-refractivity contribution in [1.29, 1.82) is 0 Å². The lowest BCUT2D eigenvalue weighted by Gasteiger charge is -2.25. The monoisotopic (exact) mass is 243 g/mol. The van der Waals surface area contributed by atoms with Crippen LogP contribution < -0.4 is 4.72 Å². The zero-order valence-corrected chi connectivity index (χ0v) is 10.3. The summed E-state index contributed by atoms with van der Waals surface area (Å²) in [6.07, 6.45) is 0.622. The standard InChI is InChI=1S/C11H17NO3S/c1-11(2,8-9-12-16(13,14)15)10-6-4-3-5-7-10/h3-7,12H,8-9H2,1-2H3,(H,13,14,15). The summed E-state index contributed by atoms with van der Waals surface area (Å²) in [5, 5.41) is 0. The van der Waals surface area contributed by atoms with Crippen LogP contribution in [0.15, 0.2) is 30.3 Å². The molecule has 0 heterocycles. The van der Waals surface area contributed by atoms with Crippen LogP contribution in [0.5, 0.6) is 0 Å². The molecule has 0 fully saturated rings. The Bertz CT molecular complexity index is 426. The zero-order valence-electron chi connectivity index (χ0n) is 9.47. The number of nitrogens with one attached hydrogen (secondary N) is 1. The van der Waals surface area contributed by atoms with E-state index >= 15 is 0 Å². The van der Waals surface area contributed by atoms with Crippen molar-refractivity contribution in [3.05, 3.63) is 35.9 Å². The predicted molar refractivity (Wildman–Crippen MR) is 63.6 cm³/mol. The van der Waals surface area contributed by atoms with Crippen molar-refractivity contribution in [3.63, 3.8) is 0 Å². The average Bonchev–Trinajstić information content (AvgIpc) is 2.17. The van der Waals surface area contributed by atoms with Crippen LogP contribution in [0.25, 0.3) is 0 Å². The highest BCUT2D eigenvalue weighted by atomic mass is 32.2. The summed E-state index contributed by atoms with van der Waals surface area (Å²) in [4.78, 5) is 0. The van der Waals surface area contributed by atoms with E-state index in [1.165, 1.54) is 0 Å². The molecular weight excluding hydrogens is 226 g/mol. The van der Waals surface area contributed by atoms with Gasteiger partial charge in [-0.15, -0.1) is 0 Å². The molecule has 2 N–H and O–H groups in total. The Morgan fingerprint density at radius 1 is 1.25 bits per heavy atom. The average molecular weight is 243 g/mol. The number of rotatable bonds is 5. The van der Waals surface area contributed by atoms with Gasteiger partial charge in [0.1, 0.15) is 0 Å². The molecule has 0 aliphatic rings. The molecule has 0 amide bonds. The lowest BCUT2D eigenvalue weighted by molar-refractivity contribution is 0.444. The Morgan fingerprint density at radius 2 is 1.81 bits per heavy atom. The molecule has 0 aliphatic carbocycles. The van der Waals surface area contributed by atoms with Crippen LogP contribution in [0.1, 0.15) is 25.8 Å². The lowest BCUT2D eigenvalue weighted by Crippen LogP contribution is -2.29. The first-order valence-electron chi connectivity index (χ1n) is 5.09. The molecule has 1 aromatic rings. The lowest BCUT2D eigenvalue weighted by atomic mass is 9.82. The van der Waals surface area contributed by atoms with E-state index < -0.39 is 10.3 Å². The van der Waals surface area contributed by atoms with Crippen molar-refractivity contribution in [1.82, 2.24) is 4.72 Å². The summed E-state index contributed by atoms with van der Waals surface area (Å²) in [7, 11) is -4.08. The van der Waals surface area contributed by atoms with Gasteiger partial charge in [-0.1, -0.05) is 44.2 Å². The molecule has 0 bridgehead atoms. The Kier molecular flexibility index (Phi) is 4.07. The van der Waals surface area contributed by atoms with E-state index in [0.29, 0.717) is 6.42 Å². The predicted octanol–water partition coefficient (Wildman–Crippen LogP) is 1.75. The molecule has 5 heteroatoms. The molecule has 1 rings (SSSR count). The van der Waals surface area contributed by atoms with Crippen LogP contribution in [0.3, 0.4) is 0 Å². The van der Waals surface area contributed by atoms with Crippen LogP contribution in [-0.4, -0.2) is 19.5 Å². The third kappa shape index (κ3) is 4.30. The summed E-state index contributed by atoms with van der Waals surface area (Å²) in [6, 6.07) is 9.86. The largest absolute Gasteiger partial charge is 0.333 e. The maximum Gasteiger partial charge on any atom is 0.333 e. The van der Waals surface area contributed by atoms with E-state index in [4.69, 9.17) is 4.55 Å². The molecule has 0 saturated heterocycles. The molecule has 1 aromatic carbocycles.